The molecular weight excluding hydrogens is 304 g/mol. The van der Waals surface area contributed by atoms with Gasteiger partial charge < -0.3 is 15.7 Å². The Morgan fingerprint density at radius 3 is 2.82 bits per heavy atom. The zero-order valence-electron chi connectivity index (χ0n) is 10.1. The Bertz CT molecular complexity index is 362. The molecule has 1 aromatic rings. The zero-order valence-corrected chi connectivity index (χ0v) is 12.5. The van der Waals surface area contributed by atoms with Crippen molar-refractivity contribution in [3.63, 3.8) is 0 Å². The zero-order chi connectivity index (χ0) is 12.8. The predicted octanol–water partition coefficient (Wildman–Crippen LogP) is 1.81. The van der Waals surface area contributed by atoms with Gasteiger partial charge in [-0.1, -0.05) is 0 Å². The quantitative estimate of drug-likeness (QED) is 0.742. The van der Waals surface area contributed by atoms with Gasteiger partial charge in [0, 0.05) is 24.5 Å². The van der Waals surface area contributed by atoms with Crippen molar-refractivity contribution >= 4 is 39.5 Å². The fourth-order valence-electron chi connectivity index (χ4n) is 1.33. The van der Waals surface area contributed by atoms with Gasteiger partial charge in [0.05, 0.1) is 11.1 Å². The molecule has 7 heteroatoms. The SMILES string of the molecule is CNc1ncc(Br)c(NC(C)C(CO)SC)n1. The number of halogens is 1. The molecule has 0 aliphatic carbocycles. The van der Waals surface area contributed by atoms with E-state index in [9.17, 15) is 5.11 Å². The van der Waals surface area contributed by atoms with Gasteiger partial charge in [-0.05, 0) is 29.1 Å². The summed E-state index contributed by atoms with van der Waals surface area (Å²) in [5.74, 6) is 1.29. The molecule has 0 saturated heterocycles. The number of hydrogen-bond acceptors (Lipinski definition) is 6. The Kier molecular flexibility index (Phi) is 6.01. The van der Waals surface area contributed by atoms with Crippen LogP contribution in [0.15, 0.2) is 10.7 Å². The molecule has 0 fully saturated rings. The first-order valence-electron chi connectivity index (χ1n) is 5.22. The lowest BCUT2D eigenvalue weighted by atomic mass is 10.2. The van der Waals surface area contributed by atoms with Crippen molar-refractivity contribution in [2.45, 2.75) is 18.2 Å². The van der Waals surface area contributed by atoms with E-state index in [1.807, 2.05) is 13.2 Å². The van der Waals surface area contributed by atoms with E-state index in [1.165, 1.54) is 0 Å². The van der Waals surface area contributed by atoms with Crippen LogP contribution in [0.4, 0.5) is 11.8 Å². The average Bonchev–Trinajstić information content (AvgIpc) is 2.33. The molecule has 0 amide bonds. The molecule has 0 bridgehead atoms. The molecule has 0 radical (unpaired) electrons. The van der Waals surface area contributed by atoms with Gasteiger partial charge in [0.25, 0.3) is 0 Å². The average molecular weight is 321 g/mol. The van der Waals surface area contributed by atoms with E-state index in [2.05, 4.69) is 36.5 Å². The highest BCUT2D eigenvalue weighted by atomic mass is 79.9. The van der Waals surface area contributed by atoms with Crippen LogP contribution >= 0.6 is 27.7 Å². The van der Waals surface area contributed by atoms with Crippen LogP contribution in [0.5, 0.6) is 0 Å². The highest BCUT2D eigenvalue weighted by Gasteiger charge is 2.16. The number of aliphatic hydroxyl groups excluding tert-OH is 1. The summed E-state index contributed by atoms with van der Waals surface area (Å²) < 4.78 is 0.807. The van der Waals surface area contributed by atoms with Crippen LogP contribution in [0.2, 0.25) is 0 Å². The van der Waals surface area contributed by atoms with Crippen molar-refractivity contribution in [2.75, 3.05) is 30.5 Å². The number of hydrogen-bond donors (Lipinski definition) is 3. The Morgan fingerprint density at radius 2 is 2.29 bits per heavy atom. The number of nitrogens with zero attached hydrogens (tertiary/aromatic N) is 2. The summed E-state index contributed by atoms with van der Waals surface area (Å²) in [6.45, 7) is 2.15. The number of thioether (sulfide) groups is 1. The normalized spacial score (nSPS) is 14.2. The fourth-order valence-corrected chi connectivity index (χ4v) is 2.27. The number of anilines is 2. The first-order valence-corrected chi connectivity index (χ1v) is 7.31. The fraction of sp³-hybridized carbons (Fsp3) is 0.600. The van der Waals surface area contributed by atoms with Crippen LogP contribution in [-0.4, -0.2) is 46.3 Å². The minimum absolute atomic E-state index is 0.117. The first-order chi connectivity index (χ1) is 8.12. The van der Waals surface area contributed by atoms with E-state index in [4.69, 9.17) is 0 Å². The summed E-state index contributed by atoms with van der Waals surface area (Å²) in [4.78, 5) is 8.40. The molecule has 1 aromatic heterocycles. The molecule has 0 spiro atoms. The lowest BCUT2D eigenvalue weighted by Gasteiger charge is -2.22. The van der Waals surface area contributed by atoms with Gasteiger partial charge in [0.1, 0.15) is 5.82 Å². The van der Waals surface area contributed by atoms with Gasteiger partial charge in [-0.2, -0.15) is 16.7 Å². The standard InChI is InChI=1S/C10H17BrN4OS/c1-6(8(5-16)17-3)14-9-7(11)4-13-10(12-2)15-9/h4,6,8,16H,5H2,1-3H3,(H2,12,13,14,15). The Hall–Kier alpha value is -0.530. The van der Waals surface area contributed by atoms with E-state index < -0.39 is 0 Å². The van der Waals surface area contributed by atoms with Crippen LogP contribution in [0.3, 0.4) is 0 Å². The predicted molar refractivity (Wildman–Crippen MR) is 76.8 cm³/mol. The summed E-state index contributed by atoms with van der Waals surface area (Å²) in [6.07, 6.45) is 3.67. The largest absolute Gasteiger partial charge is 0.395 e. The third-order valence-electron chi connectivity index (χ3n) is 2.37. The topological polar surface area (TPSA) is 70.1 Å². The van der Waals surface area contributed by atoms with Gasteiger partial charge >= 0.3 is 0 Å². The van der Waals surface area contributed by atoms with E-state index in [0.717, 1.165) is 10.3 Å². The number of nitrogens with one attached hydrogen (secondary N) is 2. The molecule has 0 aliphatic rings. The maximum absolute atomic E-state index is 9.23. The molecule has 0 aromatic carbocycles. The summed E-state index contributed by atoms with van der Waals surface area (Å²) in [5, 5.41) is 15.5. The van der Waals surface area contributed by atoms with Gasteiger partial charge in [0.2, 0.25) is 5.95 Å². The van der Waals surface area contributed by atoms with Crippen molar-refractivity contribution in [1.82, 2.24) is 9.97 Å². The van der Waals surface area contributed by atoms with Crippen LogP contribution < -0.4 is 10.6 Å². The van der Waals surface area contributed by atoms with Crippen LogP contribution in [0.1, 0.15) is 6.92 Å². The summed E-state index contributed by atoms with van der Waals surface area (Å²) in [7, 11) is 1.77. The van der Waals surface area contributed by atoms with E-state index in [1.54, 1.807) is 25.0 Å². The van der Waals surface area contributed by atoms with Gasteiger partial charge in [-0.3, -0.25) is 0 Å². The summed E-state index contributed by atoms with van der Waals surface area (Å²) >= 11 is 5.02. The molecule has 3 N–H and O–H groups in total. The molecular formula is C10H17BrN4OS. The number of rotatable bonds is 6. The van der Waals surface area contributed by atoms with Crippen LogP contribution in [0.25, 0.3) is 0 Å². The van der Waals surface area contributed by atoms with Gasteiger partial charge in [-0.15, -0.1) is 0 Å². The molecule has 1 rings (SSSR count). The molecule has 96 valence electrons. The molecule has 0 aliphatic heterocycles. The van der Waals surface area contributed by atoms with Crippen molar-refractivity contribution in [3.8, 4) is 0 Å². The van der Waals surface area contributed by atoms with Crippen molar-refractivity contribution < 1.29 is 5.11 Å². The smallest absolute Gasteiger partial charge is 0.224 e. The van der Waals surface area contributed by atoms with E-state index in [0.29, 0.717) is 5.95 Å². The first kappa shape index (κ1) is 14.5. The Morgan fingerprint density at radius 1 is 1.59 bits per heavy atom. The van der Waals surface area contributed by atoms with Crippen molar-refractivity contribution in [2.24, 2.45) is 0 Å². The van der Waals surface area contributed by atoms with E-state index >= 15 is 0 Å². The Balaban J connectivity index is 2.79. The lowest BCUT2D eigenvalue weighted by Crippen LogP contribution is -2.31. The highest BCUT2D eigenvalue weighted by molar-refractivity contribution is 9.10. The van der Waals surface area contributed by atoms with Gasteiger partial charge in [-0.25, -0.2) is 4.98 Å². The highest BCUT2D eigenvalue weighted by Crippen LogP contribution is 2.23. The minimum Gasteiger partial charge on any atom is -0.395 e. The molecule has 5 nitrogen and oxygen atoms in total. The third-order valence-corrected chi connectivity index (χ3v) is 4.12. The second-order valence-corrected chi connectivity index (χ2v) is 5.46. The maximum atomic E-state index is 9.23. The lowest BCUT2D eigenvalue weighted by molar-refractivity contribution is 0.288. The van der Waals surface area contributed by atoms with Gasteiger partial charge in [0.15, 0.2) is 0 Å². The monoisotopic (exact) mass is 320 g/mol. The van der Waals surface area contributed by atoms with Crippen LogP contribution in [-0.2, 0) is 0 Å². The van der Waals surface area contributed by atoms with Crippen molar-refractivity contribution in [1.29, 1.82) is 0 Å². The molecule has 2 atom stereocenters. The number of aromatic nitrogens is 2. The summed E-state index contributed by atoms with van der Waals surface area (Å²) in [5.41, 5.74) is 0. The molecule has 2 unspecified atom stereocenters. The summed E-state index contributed by atoms with van der Waals surface area (Å²) in [6, 6.07) is 0.117. The molecule has 1 heterocycles. The second-order valence-electron chi connectivity index (χ2n) is 3.53. The minimum atomic E-state index is 0.117. The third kappa shape index (κ3) is 4.01. The van der Waals surface area contributed by atoms with Crippen LogP contribution in [0, 0.1) is 0 Å². The maximum Gasteiger partial charge on any atom is 0.224 e. The molecule has 0 saturated carbocycles. The Labute approximate surface area is 114 Å². The van der Waals surface area contributed by atoms with E-state index in [-0.39, 0.29) is 17.9 Å². The van der Waals surface area contributed by atoms with Crippen molar-refractivity contribution in [3.05, 3.63) is 10.7 Å². The number of aliphatic hydroxyl groups is 1. The molecule has 17 heavy (non-hydrogen) atoms. The second kappa shape index (κ2) is 7.03.